The van der Waals surface area contributed by atoms with Crippen LogP contribution in [0.25, 0.3) is 0 Å². The fourth-order valence-corrected chi connectivity index (χ4v) is 4.07. The van der Waals surface area contributed by atoms with Crippen LogP contribution in [-0.2, 0) is 14.8 Å². The molecule has 0 spiro atoms. The van der Waals surface area contributed by atoms with Gasteiger partial charge in [0.1, 0.15) is 12.3 Å². The zero-order valence-electron chi connectivity index (χ0n) is 17.1. The molecule has 6 nitrogen and oxygen atoms in total. The molecule has 2 aromatic rings. The van der Waals surface area contributed by atoms with Gasteiger partial charge in [-0.2, -0.15) is 0 Å². The van der Waals surface area contributed by atoms with Crippen molar-refractivity contribution in [3.05, 3.63) is 53.6 Å². The molecular weight excluding hydrogens is 412 g/mol. The molecule has 0 bridgehead atoms. The third-order valence-electron chi connectivity index (χ3n) is 4.51. The van der Waals surface area contributed by atoms with E-state index in [-0.39, 0.29) is 29.3 Å². The van der Waals surface area contributed by atoms with Crippen LogP contribution < -0.4 is 14.4 Å². The number of halogens is 1. The van der Waals surface area contributed by atoms with E-state index in [1.807, 2.05) is 27.7 Å². The summed E-state index contributed by atoms with van der Waals surface area (Å²) in [7, 11) is -3.97. The molecule has 8 heteroatoms. The second-order valence-electron chi connectivity index (χ2n) is 6.99. The number of carbonyl (C=O) groups is 1. The van der Waals surface area contributed by atoms with Crippen LogP contribution in [0.3, 0.4) is 0 Å². The standard InChI is InChI=1S/C21H27ClN2O4S/c1-5-28-19-10-8-18(9-11-19)24(14-21(25)23-16(4)15(2)3)29(26,27)20-12-6-17(22)7-13-20/h6-13,15-16H,5,14H2,1-4H3,(H,23,25)/t16-/m0/s1. The maximum absolute atomic E-state index is 13.3. The predicted molar refractivity (Wildman–Crippen MR) is 116 cm³/mol. The van der Waals surface area contributed by atoms with Crippen LogP contribution in [-0.4, -0.2) is 33.5 Å². The smallest absolute Gasteiger partial charge is 0.264 e. The Hall–Kier alpha value is -2.25. The summed E-state index contributed by atoms with van der Waals surface area (Å²) in [5.74, 6) is 0.473. The largest absolute Gasteiger partial charge is 0.494 e. The molecule has 158 valence electrons. The summed E-state index contributed by atoms with van der Waals surface area (Å²) in [6.07, 6.45) is 0. The molecular formula is C21H27ClN2O4S. The minimum atomic E-state index is -3.97. The topological polar surface area (TPSA) is 75.7 Å². The minimum Gasteiger partial charge on any atom is -0.494 e. The molecule has 0 aliphatic carbocycles. The molecule has 0 radical (unpaired) electrons. The van der Waals surface area contributed by atoms with Crippen LogP contribution >= 0.6 is 11.6 Å². The van der Waals surface area contributed by atoms with E-state index in [4.69, 9.17) is 16.3 Å². The average molecular weight is 439 g/mol. The van der Waals surface area contributed by atoms with E-state index in [9.17, 15) is 13.2 Å². The molecule has 0 unspecified atom stereocenters. The first-order chi connectivity index (χ1) is 13.6. The molecule has 29 heavy (non-hydrogen) atoms. The Morgan fingerprint density at radius 1 is 1.07 bits per heavy atom. The van der Waals surface area contributed by atoms with Crippen LogP contribution in [0.5, 0.6) is 5.75 Å². The third kappa shape index (κ3) is 6.11. The zero-order valence-corrected chi connectivity index (χ0v) is 18.6. The van der Waals surface area contributed by atoms with Crippen LogP contribution in [0, 0.1) is 5.92 Å². The van der Waals surface area contributed by atoms with Crippen molar-refractivity contribution in [2.24, 2.45) is 5.92 Å². The second-order valence-corrected chi connectivity index (χ2v) is 9.29. The Labute approximate surface area is 177 Å². The van der Waals surface area contributed by atoms with Gasteiger partial charge in [0.25, 0.3) is 10.0 Å². The van der Waals surface area contributed by atoms with Gasteiger partial charge in [0.2, 0.25) is 5.91 Å². The maximum Gasteiger partial charge on any atom is 0.264 e. The molecule has 1 amide bonds. The van der Waals surface area contributed by atoms with E-state index in [1.165, 1.54) is 24.3 Å². The summed E-state index contributed by atoms with van der Waals surface area (Å²) < 4.78 is 33.1. The van der Waals surface area contributed by atoms with Crippen molar-refractivity contribution < 1.29 is 17.9 Å². The van der Waals surface area contributed by atoms with Gasteiger partial charge in [0, 0.05) is 11.1 Å². The summed E-state index contributed by atoms with van der Waals surface area (Å²) in [4.78, 5) is 12.6. The van der Waals surface area contributed by atoms with Gasteiger partial charge in [-0.05, 0) is 68.3 Å². The van der Waals surface area contributed by atoms with Crippen molar-refractivity contribution in [2.45, 2.75) is 38.6 Å². The predicted octanol–water partition coefficient (Wildman–Crippen LogP) is 4.09. The zero-order chi connectivity index (χ0) is 21.6. The van der Waals surface area contributed by atoms with Crippen molar-refractivity contribution in [2.75, 3.05) is 17.5 Å². The molecule has 0 saturated heterocycles. The van der Waals surface area contributed by atoms with Crippen LogP contribution in [0.1, 0.15) is 27.7 Å². The SMILES string of the molecule is CCOc1ccc(N(CC(=O)N[C@@H](C)C(C)C)S(=O)(=O)c2ccc(Cl)cc2)cc1. The number of rotatable bonds is 9. The van der Waals surface area contributed by atoms with E-state index >= 15 is 0 Å². The molecule has 1 atom stereocenters. The number of anilines is 1. The van der Waals surface area contributed by atoms with Crippen LogP contribution in [0.2, 0.25) is 5.02 Å². The summed E-state index contributed by atoms with van der Waals surface area (Å²) in [6.45, 7) is 7.89. The van der Waals surface area contributed by atoms with Crippen molar-refractivity contribution in [1.29, 1.82) is 0 Å². The second kappa shape index (κ2) is 9.98. The van der Waals surface area contributed by atoms with Crippen LogP contribution in [0.4, 0.5) is 5.69 Å². The molecule has 0 heterocycles. The van der Waals surface area contributed by atoms with Gasteiger partial charge in [0.15, 0.2) is 0 Å². The number of benzene rings is 2. The van der Waals surface area contributed by atoms with E-state index < -0.39 is 10.0 Å². The van der Waals surface area contributed by atoms with Crippen LogP contribution in [0.15, 0.2) is 53.4 Å². The summed E-state index contributed by atoms with van der Waals surface area (Å²) in [5.41, 5.74) is 0.371. The minimum absolute atomic E-state index is 0.0560. The van der Waals surface area contributed by atoms with Gasteiger partial charge in [0.05, 0.1) is 17.2 Å². The first-order valence-electron chi connectivity index (χ1n) is 9.45. The lowest BCUT2D eigenvalue weighted by Gasteiger charge is -2.26. The van der Waals surface area contributed by atoms with E-state index in [0.29, 0.717) is 23.1 Å². The van der Waals surface area contributed by atoms with Gasteiger partial charge in [-0.1, -0.05) is 25.4 Å². The number of sulfonamides is 1. The fourth-order valence-electron chi connectivity index (χ4n) is 2.52. The molecule has 0 aliphatic heterocycles. The maximum atomic E-state index is 13.3. The average Bonchev–Trinajstić information content (AvgIpc) is 2.67. The van der Waals surface area contributed by atoms with Gasteiger partial charge < -0.3 is 10.1 Å². The lowest BCUT2D eigenvalue weighted by atomic mass is 10.1. The lowest BCUT2D eigenvalue weighted by molar-refractivity contribution is -0.120. The quantitative estimate of drug-likeness (QED) is 0.639. The van der Waals surface area contributed by atoms with Gasteiger partial charge in [-0.25, -0.2) is 8.42 Å². The van der Waals surface area contributed by atoms with E-state index in [0.717, 1.165) is 4.31 Å². The Morgan fingerprint density at radius 3 is 2.17 bits per heavy atom. The number of hydrogen-bond donors (Lipinski definition) is 1. The van der Waals surface area contributed by atoms with Gasteiger partial charge in [-0.3, -0.25) is 9.10 Å². The molecule has 0 aromatic heterocycles. The molecule has 2 rings (SSSR count). The molecule has 1 N–H and O–H groups in total. The van der Waals surface area contributed by atoms with Crippen molar-refractivity contribution in [3.63, 3.8) is 0 Å². The van der Waals surface area contributed by atoms with E-state index in [1.54, 1.807) is 24.3 Å². The summed E-state index contributed by atoms with van der Waals surface area (Å²) in [6, 6.07) is 12.4. The highest BCUT2D eigenvalue weighted by atomic mass is 35.5. The highest BCUT2D eigenvalue weighted by molar-refractivity contribution is 7.92. The highest BCUT2D eigenvalue weighted by Gasteiger charge is 2.28. The Morgan fingerprint density at radius 2 is 1.66 bits per heavy atom. The fraction of sp³-hybridized carbons (Fsp3) is 0.381. The third-order valence-corrected chi connectivity index (χ3v) is 6.55. The van der Waals surface area contributed by atoms with Gasteiger partial charge in [-0.15, -0.1) is 0 Å². The first-order valence-corrected chi connectivity index (χ1v) is 11.3. The molecule has 0 aliphatic rings. The monoisotopic (exact) mass is 438 g/mol. The molecule has 0 fully saturated rings. The molecule has 0 saturated carbocycles. The number of hydrogen-bond acceptors (Lipinski definition) is 4. The Kier molecular flexibility index (Phi) is 7.93. The van der Waals surface area contributed by atoms with Gasteiger partial charge >= 0.3 is 0 Å². The number of nitrogens with zero attached hydrogens (tertiary/aromatic N) is 1. The van der Waals surface area contributed by atoms with Crippen molar-refractivity contribution >= 4 is 33.2 Å². The number of ether oxygens (including phenoxy) is 1. The highest BCUT2D eigenvalue weighted by Crippen LogP contribution is 2.26. The summed E-state index contributed by atoms with van der Waals surface area (Å²) >= 11 is 5.89. The van der Waals surface area contributed by atoms with Crippen molar-refractivity contribution in [3.8, 4) is 5.75 Å². The Bertz CT molecular complexity index is 913. The molecule has 2 aromatic carbocycles. The first kappa shape index (κ1) is 23.0. The number of nitrogens with one attached hydrogen (secondary N) is 1. The Balaban J connectivity index is 2.39. The van der Waals surface area contributed by atoms with E-state index in [2.05, 4.69) is 5.32 Å². The summed E-state index contributed by atoms with van der Waals surface area (Å²) in [5, 5.41) is 3.28. The lowest BCUT2D eigenvalue weighted by Crippen LogP contribution is -2.45. The number of carbonyl (C=O) groups excluding carboxylic acids is 1. The number of amides is 1. The van der Waals surface area contributed by atoms with Crippen molar-refractivity contribution in [1.82, 2.24) is 5.32 Å². The normalized spacial score (nSPS) is 12.5.